The van der Waals surface area contributed by atoms with Crippen LogP contribution in [-0.2, 0) is 13.1 Å². The molecular weight excluding hydrogens is 314 g/mol. The van der Waals surface area contributed by atoms with Crippen LogP contribution in [0.5, 0.6) is 0 Å². The van der Waals surface area contributed by atoms with Gasteiger partial charge in [-0.05, 0) is 31.5 Å². The molecule has 0 unspecified atom stereocenters. The first-order valence-corrected chi connectivity index (χ1v) is 8.36. The van der Waals surface area contributed by atoms with E-state index in [1.807, 2.05) is 48.5 Å². The van der Waals surface area contributed by atoms with Gasteiger partial charge in [-0.1, -0.05) is 48.5 Å². The van der Waals surface area contributed by atoms with Gasteiger partial charge in [0.2, 0.25) is 11.8 Å². The maximum Gasteiger partial charge on any atom is 0.247 e. The van der Waals surface area contributed by atoms with Crippen molar-refractivity contribution >= 4 is 0 Å². The van der Waals surface area contributed by atoms with Gasteiger partial charge < -0.3 is 9.52 Å². The van der Waals surface area contributed by atoms with E-state index < -0.39 is 5.60 Å². The number of hydrogen-bond donors (Lipinski definition) is 1. The van der Waals surface area contributed by atoms with Gasteiger partial charge in [-0.15, -0.1) is 10.2 Å². The molecule has 2 aromatic carbocycles. The first-order valence-electron chi connectivity index (χ1n) is 8.36. The average Bonchev–Trinajstić information content (AvgIpc) is 3.03. The fourth-order valence-corrected chi connectivity index (χ4v) is 2.76. The highest BCUT2D eigenvalue weighted by molar-refractivity contribution is 5.51. The molecule has 5 heteroatoms. The van der Waals surface area contributed by atoms with Crippen molar-refractivity contribution in [3.8, 4) is 11.5 Å². The van der Waals surface area contributed by atoms with Gasteiger partial charge in [0, 0.05) is 18.7 Å². The van der Waals surface area contributed by atoms with E-state index in [9.17, 15) is 5.11 Å². The van der Waals surface area contributed by atoms with E-state index in [1.54, 1.807) is 13.8 Å². The van der Waals surface area contributed by atoms with Gasteiger partial charge in [0.1, 0.15) is 0 Å². The van der Waals surface area contributed by atoms with Gasteiger partial charge >= 0.3 is 0 Å². The van der Waals surface area contributed by atoms with Gasteiger partial charge in [-0.3, -0.25) is 4.90 Å². The van der Waals surface area contributed by atoms with E-state index >= 15 is 0 Å². The van der Waals surface area contributed by atoms with Crippen molar-refractivity contribution in [2.24, 2.45) is 0 Å². The van der Waals surface area contributed by atoms with Crippen LogP contribution in [-0.4, -0.2) is 32.3 Å². The SMILES string of the molecule is CC(C)(O)CN(Cc1ccccc1)Cc1nnc(-c2ccccc2)o1. The van der Waals surface area contributed by atoms with E-state index in [0.29, 0.717) is 31.4 Å². The standard InChI is InChI=1S/C20H23N3O2/c1-20(2,24)15-23(13-16-9-5-3-6-10-16)14-18-21-22-19(25-18)17-11-7-4-8-12-17/h3-12,24H,13-15H2,1-2H3. The van der Waals surface area contributed by atoms with Crippen molar-refractivity contribution in [3.05, 3.63) is 72.1 Å². The van der Waals surface area contributed by atoms with Crippen LogP contribution >= 0.6 is 0 Å². The van der Waals surface area contributed by atoms with Gasteiger partial charge in [0.25, 0.3) is 0 Å². The molecule has 0 aliphatic carbocycles. The highest BCUT2D eigenvalue weighted by Gasteiger charge is 2.21. The van der Waals surface area contributed by atoms with E-state index in [1.165, 1.54) is 5.56 Å². The molecule has 25 heavy (non-hydrogen) atoms. The lowest BCUT2D eigenvalue weighted by atomic mass is 10.1. The van der Waals surface area contributed by atoms with Crippen LogP contribution in [0.3, 0.4) is 0 Å². The number of nitrogens with zero attached hydrogens (tertiary/aromatic N) is 3. The Bertz CT molecular complexity index is 779. The zero-order valence-corrected chi connectivity index (χ0v) is 14.6. The zero-order valence-electron chi connectivity index (χ0n) is 14.6. The quantitative estimate of drug-likeness (QED) is 0.715. The molecule has 130 valence electrons. The lowest BCUT2D eigenvalue weighted by Gasteiger charge is -2.28. The van der Waals surface area contributed by atoms with E-state index in [-0.39, 0.29) is 0 Å². The Morgan fingerprint density at radius 1 is 0.920 bits per heavy atom. The third kappa shape index (κ3) is 5.24. The topological polar surface area (TPSA) is 62.4 Å². The fourth-order valence-electron chi connectivity index (χ4n) is 2.76. The second kappa shape index (κ2) is 7.59. The maximum absolute atomic E-state index is 10.2. The lowest BCUT2D eigenvalue weighted by Crippen LogP contribution is -2.38. The number of aliphatic hydroxyl groups is 1. The molecule has 3 aromatic rings. The largest absolute Gasteiger partial charge is 0.419 e. The summed E-state index contributed by atoms with van der Waals surface area (Å²) in [7, 11) is 0. The molecule has 0 amide bonds. The third-order valence-corrected chi connectivity index (χ3v) is 3.71. The predicted molar refractivity (Wildman–Crippen MR) is 96.6 cm³/mol. The minimum absolute atomic E-state index is 0.485. The minimum Gasteiger partial charge on any atom is -0.419 e. The Balaban J connectivity index is 1.74. The van der Waals surface area contributed by atoms with Crippen LogP contribution in [0.15, 0.2) is 65.1 Å². The summed E-state index contributed by atoms with van der Waals surface area (Å²) in [5, 5.41) is 18.5. The van der Waals surface area contributed by atoms with E-state index in [2.05, 4.69) is 27.2 Å². The van der Waals surface area contributed by atoms with Crippen molar-refractivity contribution in [1.29, 1.82) is 0 Å². The van der Waals surface area contributed by atoms with Gasteiger partial charge in [-0.2, -0.15) is 0 Å². The van der Waals surface area contributed by atoms with Gasteiger partial charge in [0.05, 0.1) is 12.1 Å². The van der Waals surface area contributed by atoms with Crippen LogP contribution < -0.4 is 0 Å². The number of rotatable bonds is 7. The van der Waals surface area contributed by atoms with Gasteiger partial charge in [0.15, 0.2) is 0 Å². The lowest BCUT2D eigenvalue weighted by molar-refractivity contribution is 0.0280. The summed E-state index contributed by atoms with van der Waals surface area (Å²) in [6, 6.07) is 19.9. The summed E-state index contributed by atoms with van der Waals surface area (Å²) >= 11 is 0. The van der Waals surface area contributed by atoms with E-state index in [4.69, 9.17) is 4.42 Å². The van der Waals surface area contributed by atoms with E-state index in [0.717, 1.165) is 5.56 Å². The van der Waals surface area contributed by atoms with Crippen LogP contribution in [0.2, 0.25) is 0 Å². The monoisotopic (exact) mass is 337 g/mol. The predicted octanol–water partition coefficient (Wildman–Crippen LogP) is 3.51. The highest BCUT2D eigenvalue weighted by Crippen LogP contribution is 2.19. The van der Waals surface area contributed by atoms with Crippen molar-refractivity contribution in [2.75, 3.05) is 6.54 Å². The van der Waals surface area contributed by atoms with Crippen molar-refractivity contribution < 1.29 is 9.52 Å². The summed E-state index contributed by atoms with van der Waals surface area (Å²) < 4.78 is 5.81. The molecule has 1 N–H and O–H groups in total. The third-order valence-electron chi connectivity index (χ3n) is 3.71. The van der Waals surface area contributed by atoms with Crippen LogP contribution in [0.1, 0.15) is 25.3 Å². The summed E-state index contributed by atoms with van der Waals surface area (Å²) in [4.78, 5) is 2.11. The molecule has 1 heterocycles. The minimum atomic E-state index is -0.808. The van der Waals surface area contributed by atoms with Crippen molar-refractivity contribution in [3.63, 3.8) is 0 Å². The second-order valence-corrected chi connectivity index (χ2v) is 6.81. The van der Waals surface area contributed by atoms with Crippen LogP contribution in [0.25, 0.3) is 11.5 Å². The molecule has 0 atom stereocenters. The molecule has 5 nitrogen and oxygen atoms in total. The Hall–Kier alpha value is -2.50. The highest BCUT2D eigenvalue weighted by atomic mass is 16.4. The molecule has 0 bridgehead atoms. The maximum atomic E-state index is 10.2. The molecule has 0 fully saturated rings. The first-order chi connectivity index (χ1) is 12.0. The Labute approximate surface area is 147 Å². The Morgan fingerprint density at radius 3 is 2.20 bits per heavy atom. The molecule has 0 saturated carbocycles. The molecule has 0 radical (unpaired) electrons. The smallest absolute Gasteiger partial charge is 0.247 e. The molecule has 0 saturated heterocycles. The summed E-state index contributed by atoms with van der Waals surface area (Å²) in [6.45, 7) is 5.29. The molecule has 0 spiro atoms. The fraction of sp³-hybridized carbons (Fsp3) is 0.300. The number of hydrogen-bond acceptors (Lipinski definition) is 5. The Kier molecular flexibility index (Phi) is 5.26. The normalized spacial score (nSPS) is 11.8. The summed E-state index contributed by atoms with van der Waals surface area (Å²) in [5.74, 6) is 1.05. The van der Waals surface area contributed by atoms with Crippen LogP contribution in [0.4, 0.5) is 0 Å². The molecule has 0 aliphatic heterocycles. The number of aromatic nitrogens is 2. The molecule has 3 rings (SSSR count). The Morgan fingerprint density at radius 2 is 1.56 bits per heavy atom. The van der Waals surface area contributed by atoms with Gasteiger partial charge in [-0.25, -0.2) is 0 Å². The average molecular weight is 337 g/mol. The van der Waals surface area contributed by atoms with Crippen molar-refractivity contribution in [1.82, 2.24) is 15.1 Å². The second-order valence-electron chi connectivity index (χ2n) is 6.81. The molecule has 1 aromatic heterocycles. The first kappa shape index (κ1) is 17.3. The summed E-state index contributed by atoms with van der Waals surface area (Å²) in [5.41, 5.74) is 1.27. The van der Waals surface area contributed by atoms with Crippen LogP contribution in [0, 0.1) is 0 Å². The summed E-state index contributed by atoms with van der Waals surface area (Å²) in [6.07, 6.45) is 0. The van der Waals surface area contributed by atoms with Crippen molar-refractivity contribution in [2.45, 2.75) is 32.5 Å². The zero-order chi connectivity index (χ0) is 17.7. The number of benzene rings is 2. The molecule has 0 aliphatic rings. The molecular formula is C20H23N3O2.